The lowest BCUT2D eigenvalue weighted by Crippen LogP contribution is -2.29. The summed E-state index contributed by atoms with van der Waals surface area (Å²) in [7, 11) is 0. The highest BCUT2D eigenvalue weighted by Gasteiger charge is 2.27. The second-order valence-electron chi connectivity index (χ2n) is 5.71. The Hall–Kier alpha value is -1.66. The predicted octanol–water partition coefficient (Wildman–Crippen LogP) is 4.08. The number of aromatic nitrogens is 2. The largest absolute Gasteiger partial charge is 0.333 e. The minimum absolute atomic E-state index is 0.364. The summed E-state index contributed by atoms with van der Waals surface area (Å²) >= 11 is 7.04. The molecule has 116 valence electrons. The van der Waals surface area contributed by atoms with Crippen LogP contribution >= 0.6 is 31.9 Å². The SMILES string of the molecule is O=c1[nH]c(=O)n(-c2ccccc2Br)c2cc(C3CC3)c(Br)cc12. The molecule has 1 aliphatic carbocycles. The Bertz CT molecular complexity index is 1050. The fourth-order valence-corrected chi connectivity index (χ4v) is 3.98. The predicted molar refractivity (Wildman–Crippen MR) is 97.5 cm³/mol. The number of para-hydroxylation sites is 1. The third-order valence-electron chi connectivity index (χ3n) is 4.13. The summed E-state index contributed by atoms with van der Waals surface area (Å²) in [6.45, 7) is 0. The van der Waals surface area contributed by atoms with Crippen molar-refractivity contribution in [1.29, 1.82) is 0 Å². The molecule has 4 nitrogen and oxygen atoms in total. The molecule has 3 aromatic rings. The van der Waals surface area contributed by atoms with Gasteiger partial charge in [-0.2, -0.15) is 0 Å². The number of H-pyrrole nitrogens is 1. The van der Waals surface area contributed by atoms with E-state index in [0.29, 0.717) is 22.5 Å². The first-order chi connectivity index (χ1) is 11.1. The van der Waals surface area contributed by atoms with Gasteiger partial charge in [-0.1, -0.05) is 28.1 Å². The van der Waals surface area contributed by atoms with Crippen molar-refractivity contribution in [2.24, 2.45) is 0 Å². The summed E-state index contributed by atoms with van der Waals surface area (Å²) in [6, 6.07) is 11.3. The van der Waals surface area contributed by atoms with E-state index in [1.165, 1.54) is 0 Å². The highest BCUT2D eigenvalue weighted by Crippen LogP contribution is 2.44. The molecule has 0 atom stereocenters. The van der Waals surface area contributed by atoms with Crippen molar-refractivity contribution in [2.75, 3.05) is 0 Å². The number of nitrogens with one attached hydrogen (secondary N) is 1. The molecule has 4 rings (SSSR count). The Kier molecular flexibility index (Phi) is 3.54. The van der Waals surface area contributed by atoms with Crippen molar-refractivity contribution in [3.05, 3.63) is 71.7 Å². The molecule has 0 unspecified atom stereocenters. The maximum Gasteiger partial charge on any atom is 0.333 e. The minimum atomic E-state index is -0.432. The molecule has 2 aromatic carbocycles. The first kappa shape index (κ1) is 14.9. The lowest BCUT2D eigenvalue weighted by atomic mass is 10.1. The van der Waals surface area contributed by atoms with Gasteiger partial charge in [0.25, 0.3) is 5.56 Å². The average molecular weight is 436 g/mol. The maximum absolute atomic E-state index is 12.5. The van der Waals surface area contributed by atoms with Crippen LogP contribution in [0.1, 0.15) is 24.3 Å². The van der Waals surface area contributed by atoms with Gasteiger partial charge >= 0.3 is 5.69 Å². The van der Waals surface area contributed by atoms with Gasteiger partial charge in [-0.15, -0.1) is 0 Å². The molecular formula is C17H12Br2N2O2. The summed E-state index contributed by atoms with van der Waals surface area (Å²) in [5, 5.41) is 0.497. The zero-order chi connectivity index (χ0) is 16.1. The molecule has 0 amide bonds. The third kappa shape index (κ3) is 2.50. The first-order valence-electron chi connectivity index (χ1n) is 7.29. The number of hydrogen-bond donors (Lipinski definition) is 1. The van der Waals surface area contributed by atoms with E-state index < -0.39 is 5.69 Å². The zero-order valence-electron chi connectivity index (χ0n) is 12.0. The van der Waals surface area contributed by atoms with Crippen molar-refractivity contribution < 1.29 is 0 Å². The van der Waals surface area contributed by atoms with Gasteiger partial charge in [0, 0.05) is 8.95 Å². The molecule has 1 aliphatic rings. The van der Waals surface area contributed by atoms with E-state index in [9.17, 15) is 9.59 Å². The minimum Gasteiger partial charge on any atom is -0.273 e. The first-order valence-corrected chi connectivity index (χ1v) is 8.88. The summed E-state index contributed by atoms with van der Waals surface area (Å²) in [6.07, 6.45) is 2.29. The van der Waals surface area contributed by atoms with E-state index in [1.54, 1.807) is 4.57 Å². The quantitative estimate of drug-likeness (QED) is 0.659. The van der Waals surface area contributed by atoms with Crippen molar-refractivity contribution >= 4 is 42.8 Å². The maximum atomic E-state index is 12.5. The summed E-state index contributed by atoms with van der Waals surface area (Å²) in [5.74, 6) is 0.510. The van der Waals surface area contributed by atoms with E-state index in [2.05, 4.69) is 36.8 Å². The van der Waals surface area contributed by atoms with Crippen molar-refractivity contribution in [2.45, 2.75) is 18.8 Å². The van der Waals surface area contributed by atoms with Gasteiger partial charge in [0.1, 0.15) is 0 Å². The number of hydrogen-bond acceptors (Lipinski definition) is 2. The van der Waals surface area contributed by atoms with Crippen molar-refractivity contribution in [3.63, 3.8) is 0 Å². The summed E-state index contributed by atoms with van der Waals surface area (Å²) in [5.41, 5.74) is 1.71. The van der Waals surface area contributed by atoms with Crippen LogP contribution < -0.4 is 11.2 Å². The number of aromatic amines is 1. The van der Waals surface area contributed by atoms with E-state index in [-0.39, 0.29) is 5.56 Å². The molecule has 1 saturated carbocycles. The normalized spacial score (nSPS) is 14.3. The molecule has 0 saturated heterocycles. The molecule has 1 N–H and O–H groups in total. The number of benzene rings is 2. The molecule has 1 fully saturated rings. The van der Waals surface area contributed by atoms with Crippen LogP contribution in [-0.2, 0) is 0 Å². The van der Waals surface area contributed by atoms with Crippen LogP contribution in [0.3, 0.4) is 0 Å². The summed E-state index contributed by atoms with van der Waals surface area (Å²) < 4.78 is 3.28. The lowest BCUT2D eigenvalue weighted by molar-refractivity contribution is 0.935. The molecule has 23 heavy (non-hydrogen) atoms. The van der Waals surface area contributed by atoms with Crippen LogP contribution in [0.2, 0.25) is 0 Å². The Morgan fingerprint density at radius 2 is 1.78 bits per heavy atom. The number of nitrogens with zero attached hydrogens (tertiary/aromatic N) is 1. The van der Waals surface area contributed by atoms with Gasteiger partial charge in [0.2, 0.25) is 0 Å². The summed E-state index contributed by atoms with van der Waals surface area (Å²) in [4.78, 5) is 27.1. The number of rotatable bonds is 2. The third-order valence-corrected chi connectivity index (χ3v) is 5.49. The van der Waals surface area contributed by atoms with Crippen LogP contribution in [0.25, 0.3) is 16.6 Å². The average Bonchev–Trinajstić information content (AvgIpc) is 3.34. The second kappa shape index (κ2) is 5.46. The van der Waals surface area contributed by atoms with Crippen LogP contribution in [0.15, 0.2) is 54.9 Å². The van der Waals surface area contributed by atoms with Crippen LogP contribution in [0.5, 0.6) is 0 Å². The molecule has 1 heterocycles. The van der Waals surface area contributed by atoms with Gasteiger partial charge in [-0.05, 0) is 64.5 Å². The Balaban J connectivity index is 2.15. The Morgan fingerprint density at radius 3 is 2.48 bits per heavy atom. The zero-order valence-corrected chi connectivity index (χ0v) is 15.1. The van der Waals surface area contributed by atoms with E-state index in [1.807, 2.05) is 36.4 Å². The van der Waals surface area contributed by atoms with E-state index >= 15 is 0 Å². The molecular weight excluding hydrogens is 424 g/mol. The molecule has 0 radical (unpaired) electrons. The van der Waals surface area contributed by atoms with E-state index in [4.69, 9.17) is 0 Å². The Morgan fingerprint density at radius 1 is 1.04 bits per heavy atom. The highest BCUT2D eigenvalue weighted by molar-refractivity contribution is 9.10. The molecule has 1 aromatic heterocycles. The van der Waals surface area contributed by atoms with Gasteiger partial charge in [-0.25, -0.2) is 4.79 Å². The molecule has 0 spiro atoms. The van der Waals surface area contributed by atoms with Gasteiger partial charge < -0.3 is 0 Å². The van der Waals surface area contributed by atoms with Crippen LogP contribution in [0.4, 0.5) is 0 Å². The van der Waals surface area contributed by atoms with E-state index in [0.717, 1.165) is 27.4 Å². The fraction of sp³-hybridized carbons (Fsp3) is 0.176. The topological polar surface area (TPSA) is 54.9 Å². The molecule has 0 aliphatic heterocycles. The van der Waals surface area contributed by atoms with Crippen molar-refractivity contribution in [3.8, 4) is 5.69 Å². The smallest absolute Gasteiger partial charge is 0.273 e. The number of halogens is 2. The standard InChI is InChI=1S/C17H12Br2N2O2/c18-12-3-1-2-4-14(12)21-15-8-10(9-5-6-9)13(19)7-11(15)16(22)20-17(21)23/h1-4,7-9H,5-6H2,(H,20,22,23). The second-order valence-corrected chi connectivity index (χ2v) is 7.42. The van der Waals surface area contributed by atoms with Gasteiger partial charge in [-0.3, -0.25) is 14.3 Å². The van der Waals surface area contributed by atoms with Gasteiger partial charge in [0.15, 0.2) is 0 Å². The molecule has 0 bridgehead atoms. The molecule has 6 heteroatoms. The van der Waals surface area contributed by atoms with Gasteiger partial charge in [0.05, 0.1) is 16.6 Å². The van der Waals surface area contributed by atoms with Crippen molar-refractivity contribution in [1.82, 2.24) is 9.55 Å². The highest BCUT2D eigenvalue weighted by atomic mass is 79.9. The van der Waals surface area contributed by atoms with Crippen LogP contribution in [-0.4, -0.2) is 9.55 Å². The fourth-order valence-electron chi connectivity index (χ4n) is 2.85. The monoisotopic (exact) mass is 434 g/mol. The lowest BCUT2D eigenvalue weighted by Gasteiger charge is -2.13. The van der Waals surface area contributed by atoms with Crippen LogP contribution in [0, 0.1) is 0 Å². The Labute approximate surface area is 148 Å². The number of fused-ring (bicyclic) bond motifs is 1.